The van der Waals surface area contributed by atoms with Crippen LogP contribution in [0.3, 0.4) is 0 Å². The normalized spacial score (nSPS) is 12.9. The van der Waals surface area contributed by atoms with Crippen LogP contribution in [0.5, 0.6) is 5.75 Å². The van der Waals surface area contributed by atoms with E-state index < -0.39 is 0 Å². The summed E-state index contributed by atoms with van der Waals surface area (Å²) in [5.41, 5.74) is 6.83. The van der Waals surface area contributed by atoms with E-state index in [-0.39, 0.29) is 17.2 Å². The second-order valence-electron chi connectivity index (χ2n) is 6.50. The second-order valence-corrected chi connectivity index (χ2v) is 6.50. The van der Waals surface area contributed by atoms with Crippen molar-refractivity contribution in [1.29, 1.82) is 0 Å². The Hall–Kier alpha value is -1.55. The van der Waals surface area contributed by atoms with E-state index in [1.54, 1.807) is 12.0 Å². The van der Waals surface area contributed by atoms with Crippen LogP contribution in [0.2, 0.25) is 0 Å². The van der Waals surface area contributed by atoms with Gasteiger partial charge in [-0.05, 0) is 35.6 Å². The van der Waals surface area contributed by atoms with Gasteiger partial charge in [-0.25, -0.2) is 0 Å². The number of hydrogen-bond donors (Lipinski definition) is 1. The predicted molar refractivity (Wildman–Crippen MR) is 86.5 cm³/mol. The number of ether oxygens (including phenoxy) is 1. The molecule has 1 amide bonds. The molecule has 118 valence electrons. The quantitative estimate of drug-likeness (QED) is 0.840. The lowest BCUT2D eigenvalue weighted by Crippen LogP contribution is -2.40. The van der Waals surface area contributed by atoms with Crippen LogP contribution < -0.4 is 10.5 Å². The van der Waals surface area contributed by atoms with Gasteiger partial charge in [-0.3, -0.25) is 4.79 Å². The number of amides is 1. The minimum atomic E-state index is -0.0479. The second kappa shape index (κ2) is 7.46. The zero-order valence-electron chi connectivity index (χ0n) is 13.8. The molecule has 4 nitrogen and oxygen atoms in total. The molecule has 0 radical (unpaired) electrons. The molecular weight excluding hydrogens is 264 g/mol. The molecule has 0 aliphatic rings. The first-order valence-corrected chi connectivity index (χ1v) is 7.37. The summed E-state index contributed by atoms with van der Waals surface area (Å²) < 4.78 is 5.15. The molecular formula is C17H28N2O2. The van der Waals surface area contributed by atoms with Gasteiger partial charge in [-0.15, -0.1) is 0 Å². The van der Waals surface area contributed by atoms with E-state index in [0.717, 1.165) is 11.3 Å². The average molecular weight is 292 g/mol. The molecule has 0 aromatic heterocycles. The Balaban J connectivity index is 2.60. The van der Waals surface area contributed by atoms with Crippen molar-refractivity contribution in [2.75, 3.05) is 27.2 Å². The summed E-state index contributed by atoms with van der Waals surface area (Å²) in [6.07, 6.45) is 0.503. The summed E-state index contributed by atoms with van der Waals surface area (Å²) in [5.74, 6) is 1.17. The fourth-order valence-corrected chi connectivity index (χ4v) is 2.26. The number of carbonyl (C=O) groups is 1. The fraction of sp³-hybridized carbons (Fsp3) is 0.588. The summed E-state index contributed by atoms with van der Waals surface area (Å²) in [4.78, 5) is 14.1. The maximum Gasteiger partial charge on any atom is 0.222 e. The molecule has 1 atom stereocenters. The Morgan fingerprint density at radius 2 is 1.90 bits per heavy atom. The van der Waals surface area contributed by atoms with Gasteiger partial charge in [0.1, 0.15) is 5.75 Å². The van der Waals surface area contributed by atoms with Crippen molar-refractivity contribution in [3.63, 3.8) is 0 Å². The SMILES string of the molecule is COc1ccc(C(C)CC(=O)N(C)CC(C)(C)CN)cc1. The zero-order valence-corrected chi connectivity index (χ0v) is 13.8. The molecule has 2 N–H and O–H groups in total. The van der Waals surface area contributed by atoms with E-state index in [9.17, 15) is 4.79 Å². The van der Waals surface area contributed by atoms with Crippen molar-refractivity contribution >= 4 is 5.91 Å². The highest BCUT2D eigenvalue weighted by molar-refractivity contribution is 5.76. The lowest BCUT2D eigenvalue weighted by molar-refractivity contribution is -0.131. The summed E-state index contributed by atoms with van der Waals surface area (Å²) in [5, 5.41) is 0. The van der Waals surface area contributed by atoms with Crippen LogP contribution >= 0.6 is 0 Å². The lowest BCUT2D eigenvalue weighted by atomic mass is 9.92. The smallest absolute Gasteiger partial charge is 0.222 e. The van der Waals surface area contributed by atoms with Crippen LogP contribution in [0.15, 0.2) is 24.3 Å². The number of nitrogens with zero attached hydrogens (tertiary/aromatic N) is 1. The van der Waals surface area contributed by atoms with E-state index in [2.05, 4.69) is 20.8 Å². The van der Waals surface area contributed by atoms with Gasteiger partial charge in [-0.1, -0.05) is 32.9 Å². The van der Waals surface area contributed by atoms with Crippen molar-refractivity contribution in [3.8, 4) is 5.75 Å². The van der Waals surface area contributed by atoms with Crippen LogP contribution in [0, 0.1) is 5.41 Å². The van der Waals surface area contributed by atoms with Gasteiger partial charge >= 0.3 is 0 Å². The molecule has 21 heavy (non-hydrogen) atoms. The molecule has 0 saturated carbocycles. The Kier molecular flexibility index (Phi) is 6.21. The van der Waals surface area contributed by atoms with E-state index in [1.807, 2.05) is 31.3 Å². The highest BCUT2D eigenvalue weighted by Gasteiger charge is 2.22. The fourth-order valence-electron chi connectivity index (χ4n) is 2.26. The van der Waals surface area contributed by atoms with Crippen molar-refractivity contribution in [3.05, 3.63) is 29.8 Å². The van der Waals surface area contributed by atoms with Crippen molar-refractivity contribution < 1.29 is 9.53 Å². The summed E-state index contributed by atoms with van der Waals surface area (Å²) in [6.45, 7) is 7.46. The monoisotopic (exact) mass is 292 g/mol. The number of methoxy groups -OCH3 is 1. The first-order valence-electron chi connectivity index (χ1n) is 7.37. The highest BCUT2D eigenvalue weighted by Crippen LogP contribution is 2.23. The van der Waals surface area contributed by atoms with E-state index in [0.29, 0.717) is 19.5 Å². The number of carbonyl (C=O) groups excluding carboxylic acids is 1. The molecule has 0 heterocycles. The molecule has 0 bridgehead atoms. The van der Waals surface area contributed by atoms with E-state index in [1.165, 1.54) is 0 Å². The van der Waals surface area contributed by atoms with Gasteiger partial charge in [0.05, 0.1) is 7.11 Å². The molecule has 0 aliphatic carbocycles. The molecule has 1 aromatic carbocycles. The number of nitrogens with two attached hydrogens (primary N) is 1. The third-order valence-corrected chi connectivity index (χ3v) is 3.81. The van der Waals surface area contributed by atoms with Crippen molar-refractivity contribution in [1.82, 2.24) is 4.90 Å². The van der Waals surface area contributed by atoms with Gasteiger partial charge in [0.2, 0.25) is 5.91 Å². The van der Waals surface area contributed by atoms with E-state index in [4.69, 9.17) is 10.5 Å². The van der Waals surface area contributed by atoms with Crippen LogP contribution in [-0.4, -0.2) is 38.1 Å². The van der Waals surface area contributed by atoms with Crippen LogP contribution in [0.4, 0.5) is 0 Å². The third-order valence-electron chi connectivity index (χ3n) is 3.81. The largest absolute Gasteiger partial charge is 0.497 e. The summed E-state index contributed by atoms with van der Waals surface area (Å²) in [7, 11) is 3.50. The molecule has 4 heteroatoms. The van der Waals surface area contributed by atoms with Gasteiger partial charge in [0.15, 0.2) is 0 Å². The Labute approximate surface area is 128 Å². The molecule has 0 fully saturated rings. The van der Waals surface area contributed by atoms with Crippen molar-refractivity contribution in [2.45, 2.75) is 33.1 Å². The standard InChI is InChI=1S/C17H28N2O2/c1-13(14-6-8-15(21-5)9-7-14)10-16(20)19(4)12-17(2,3)11-18/h6-9,13H,10-12,18H2,1-5H3. The summed E-state index contributed by atoms with van der Waals surface area (Å²) >= 11 is 0. The molecule has 0 spiro atoms. The first kappa shape index (κ1) is 17.5. The third kappa shape index (κ3) is 5.38. The predicted octanol–water partition coefficient (Wildman–Crippen LogP) is 2.63. The van der Waals surface area contributed by atoms with E-state index >= 15 is 0 Å². The van der Waals surface area contributed by atoms with Crippen LogP contribution in [-0.2, 0) is 4.79 Å². The van der Waals surface area contributed by atoms with Crippen LogP contribution in [0.25, 0.3) is 0 Å². The van der Waals surface area contributed by atoms with Gasteiger partial charge in [-0.2, -0.15) is 0 Å². The molecule has 1 unspecified atom stereocenters. The molecule has 0 saturated heterocycles. The van der Waals surface area contributed by atoms with Crippen molar-refractivity contribution in [2.24, 2.45) is 11.1 Å². The first-order chi connectivity index (χ1) is 9.79. The highest BCUT2D eigenvalue weighted by atomic mass is 16.5. The number of hydrogen-bond acceptors (Lipinski definition) is 3. The molecule has 0 aliphatic heterocycles. The maximum absolute atomic E-state index is 12.3. The minimum Gasteiger partial charge on any atom is -0.497 e. The topological polar surface area (TPSA) is 55.6 Å². The summed E-state index contributed by atoms with van der Waals surface area (Å²) in [6, 6.07) is 7.89. The average Bonchev–Trinajstić information content (AvgIpc) is 2.46. The molecule has 1 aromatic rings. The Morgan fingerprint density at radius 3 is 2.38 bits per heavy atom. The van der Waals surface area contributed by atoms with Gasteiger partial charge in [0.25, 0.3) is 0 Å². The number of rotatable bonds is 7. The Morgan fingerprint density at radius 1 is 1.33 bits per heavy atom. The van der Waals surface area contributed by atoms with Crippen LogP contribution in [0.1, 0.15) is 38.7 Å². The maximum atomic E-state index is 12.3. The van der Waals surface area contributed by atoms with Gasteiger partial charge in [0, 0.05) is 20.0 Å². The molecule has 1 rings (SSSR count). The van der Waals surface area contributed by atoms with Gasteiger partial charge < -0.3 is 15.4 Å². The number of benzene rings is 1. The minimum absolute atomic E-state index is 0.0479. The lowest BCUT2D eigenvalue weighted by Gasteiger charge is -2.29. The zero-order chi connectivity index (χ0) is 16.0. The Bertz CT molecular complexity index is 454.